The van der Waals surface area contributed by atoms with E-state index in [9.17, 15) is 19.2 Å². The Bertz CT molecular complexity index is 2440. The second-order valence-corrected chi connectivity index (χ2v) is 15.3. The largest absolute Gasteiger partial charge is 0.496 e. The molecule has 2 fully saturated rings. The van der Waals surface area contributed by atoms with E-state index in [1.807, 2.05) is 4.90 Å². The number of methoxy groups -OCH3 is 1. The van der Waals surface area contributed by atoms with Crippen molar-refractivity contribution < 1.29 is 23.5 Å². The van der Waals surface area contributed by atoms with Crippen molar-refractivity contribution in [3.8, 4) is 16.9 Å². The summed E-state index contributed by atoms with van der Waals surface area (Å²) in [5.41, 5.74) is 6.39. The number of aromatic nitrogens is 2. The Kier molecular flexibility index (Phi) is 10.2. The van der Waals surface area contributed by atoms with Crippen LogP contribution in [0.3, 0.4) is 0 Å². The molecule has 0 spiro atoms. The van der Waals surface area contributed by atoms with E-state index in [4.69, 9.17) is 16.3 Å². The number of benzene rings is 3. The standard InChI is InChI=1S/C43H42ClFN6O5/c1-49-24-33(31-10-14-46-22-32(31)42(49)54)28-19-34(44)40(38(20-28)56-2)43(55)51-17-13-30-26(4-3-5-27(30)23-51)18-25-11-15-50(16-12-25)37-8-6-29(21-35(37)45)47-36-7-9-39(52)48-41(36)53/h3-6,8,10,14,19-22,24-25,36,47H,7,9,11-13,15-18,23H2,1-2H3,(H,48,52,53). The molecule has 5 heterocycles. The monoisotopic (exact) mass is 776 g/mol. The van der Waals surface area contributed by atoms with Crippen LogP contribution in [-0.4, -0.2) is 65.0 Å². The molecule has 3 aliphatic rings. The van der Waals surface area contributed by atoms with Gasteiger partial charge in [0, 0.05) is 69.5 Å². The molecule has 0 radical (unpaired) electrons. The van der Waals surface area contributed by atoms with Gasteiger partial charge in [0.1, 0.15) is 23.2 Å². The maximum atomic E-state index is 15.3. The Hall–Kier alpha value is -5.75. The summed E-state index contributed by atoms with van der Waals surface area (Å²) in [5.74, 6) is -0.428. The van der Waals surface area contributed by atoms with Crippen LogP contribution in [0.15, 0.2) is 78.0 Å². The molecule has 13 heteroatoms. The van der Waals surface area contributed by atoms with Crippen LogP contribution in [0.4, 0.5) is 15.8 Å². The van der Waals surface area contributed by atoms with Gasteiger partial charge in [-0.05, 0) is 102 Å². The molecule has 8 rings (SSSR count). The first-order valence-corrected chi connectivity index (χ1v) is 19.3. The van der Waals surface area contributed by atoms with Gasteiger partial charge in [-0.25, -0.2) is 4.39 Å². The molecule has 5 aromatic rings. The minimum absolute atomic E-state index is 0.153. The zero-order chi connectivity index (χ0) is 39.1. The Morgan fingerprint density at radius 3 is 2.61 bits per heavy atom. The summed E-state index contributed by atoms with van der Waals surface area (Å²) in [6.07, 6.45) is 9.05. The van der Waals surface area contributed by atoms with Gasteiger partial charge in [-0.15, -0.1) is 0 Å². The van der Waals surface area contributed by atoms with E-state index in [0.717, 1.165) is 60.8 Å². The summed E-state index contributed by atoms with van der Waals surface area (Å²) in [6.45, 7) is 2.45. The summed E-state index contributed by atoms with van der Waals surface area (Å²) in [6, 6.07) is 16.1. The number of halogens is 2. The maximum Gasteiger partial charge on any atom is 0.259 e. The van der Waals surface area contributed by atoms with E-state index in [0.29, 0.717) is 53.5 Å². The van der Waals surface area contributed by atoms with Crippen molar-refractivity contribution in [2.24, 2.45) is 13.0 Å². The number of nitrogens with one attached hydrogen (secondary N) is 2. The molecule has 3 amide bonds. The number of anilines is 2. The van der Waals surface area contributed by atoms with E-state index in [2.05, 4.69) is 38.7 Å². The highest BCUT2D eigenvalue weighted by Gasteiger charge is 2.30. The molecule has 0 bridgehead atoms. The SMILES string of the molecule is COc1cc(-c2cn(C)c(=O)c3cnccc23)cc(Cl)c1C(=O)N1CCc2c(CC3CCN(c4ccc(NC5CCC(=O)NC5=O)cc4F)CC3)cccc2C1. The van der Waals surface area contributed by atoms with Gasteiger partial charge >= 0.3 is 0 Å². The number of carbonyl (C=O) groups excluding carboxylic acids is 3. The summed E-state index contributed by atoms with van der Waals surface area (Å²) >= 11 is 6.89. The molecule has 0 saturated carbocycles. The van der Waals surface area contributed by atoms with Gasteiger partial charge in [-0.1, -0.05) is 29.8 Å². The fraction of sp³-hybridized carbons (Fsp3) is 0.326. The molecule has 3 aromatic carbocycles. The first kappa shape index (κ1) is 37.2. The molecular formula is C43H42ClFN6O5. The van der Waals surface area contributed by atoms with Crippen LogP contribution < -0.4 is 25.8 Å². The van der Waals surface area contributed by atoms with Crippen LogP contribution in [0.1, 0.15) is 52.7 Å². The number of nitrogens with zero attached hydrogens (tertiary/aromatic N) is 4. The van der Waals surface area contributed by atoms with Crippen molar-refractivity contribution in [3.05, 3.63) is 117 Å². The molecule has 288 valence electrons. The quantitative estimate of drug-likeness (QED) is 0.177. The van der Waals surface area contributed by atoms with Crippen LogP contribution in [-0.2, 0) is 36.0 Å². The third-order valence-electron chi connectivity index (χ3n) is 11.4. The summed E-state index contributed by atoms with van der Waals surface area (Å²) in [4.78, 5) is 58.5. The molecule has 1 unspecified atom stereocenters. The van der Waals surface area contributed by atoms with E-state index < -0.39 is 11.9 Å². The average molecular weight is 777 g/mol. The van der Waals surface area contributed by atoms with Crippen LogP contribution in [0.25, 0.3) is 21.9 Å². The highest BCUT2D eigenvalue weighted by Crippen LogP contribution is 2.38. The molecule has 2 aromatic heterocycles. The number of hydrogen-bond donors (Lipinski definition) is 2. The predicted molar refractivity (Wildman–Crippen MR) is 214 cm³/mol. The second kappa shape index (κ2) is 15.4. The van der Waals surface area contributed by atoms with Gasteiger partial charge in [0.2, 0.25) is 11.8 Å². The molecule has 1 atom stereocenters. The summed E-state index contributed by atoms with van der Waals surface area (Å²) in [5, 5.41) is 6.86. The van der Waals surface area contributed by atoms with E-state index in [1.54, 1.807) is 56.0 Å². The van der Waals surface area contributed by atoms with Crippen molar-refractivity contribution >= 4 is 51.5 Å². The number of aryl methyl sites for hydroxylation is 1. The number of hydrogen-bond acceptors (Lipinski definition) is 8. The topological polar surface area (TPSA) is 126 Å². The number of fused-ring (bicyclic) bond motifs is 2. The molecule has 3 aliphatic heterocycles. The van der Waals surface area contributed by atoms with Crippen molar-refractivity contribution in [1.29, 1.82) is 0 Å². The lowest BCUT2D eigenvalue weighted by molar-refractivity contribution is -0.133. The normalized spacial score (nSPS) is 17.5. The third kappa shape index (κ3) is 7.21. The lowest BCUT2D eigenvalue weighted by Gasteiger charge is -2.35. The number of carbonyl (C=O) groups is 3. The number of amides is 3. The summed E-state index contributed by atoms with van der Waals surface area (Å²) < 4.78 is 22.6. The van der Waals surface area contributed by atoms with Crippen molar-refractivity contribution in [1.82, 2.24) is 19.8 Å². The van der Waals surface area contributed by atoms with Gasteiger partial charge in [0.25, 0.3) is 11.5 Å². The predicted octanol–water partition coefficient (Wildman–Crippen LogP) is 6.28. The van der Waals surface area contributed by atoms with Gasteiger partial charge in [-0.2, -0.15) is 0 Å². The molecule has 2 saturated heterocycles. The average Bonchev–Trinajstić information content (AvgIpc) is 3.20. The molecule has 56 heavy (non-hydrogen) atoms. The van der Waals surface area contributed by atoms with E-state index >= 15 is 4.39 Å². The van der Waals surface area contributed by atoms with Crippen molar-refractivity contribution in [3.63, 3.8) is 0 Å². The van der Waals surface area contributed by atoms with Gasteiger partial charge in [-0.3, -0.25) is 29.5 Å². The number of pyridine rings is 2. The molecule has 2 N–H and O–H groups in total. The van der Waals surface area contributed by atoms with Gasteiger partial charge < -0.3 is 24.4 Å². The van der Waals surface area contributed by atoms with Gasteiger partial charge in [0.05, 0.1) is 23.2 Å². The Morgan fingerprint density at radius 2 is 1.84 bits per heavy atom. The molecular weight excluding hydrogens is 735 g/mol. The number of imide groups is 1. The van der Waals surface area contributed by atoms with Crippen LogP contribution >= 0.6 is 11.6 Å². The molecule has 11 nitrogen and oxygen atoms in total. The lowest BCUT2D eigenvalue weighted by atomic mass is 9.85. The first-order valence-electron chi connectivity index (χ1n) is 18.9. The van der Waals surface area contributed by atoms with E-state index in [-0.39, 0.29) is 34.6 Å². The lowest BCUT2D eigenvalue weighted by Crippen LogP contribution is -2.47. The first-order chi connectivity index (χ1) is 27.1. The fourth-order valence-corrected chi connectivity index (χ4v) is 8.72. The zero-order valence-corrected chi connectivity index (χ0v) is 32.0. The fourth-order valence-electron chi connectivity index (χ4n) is 8.43. The van der Waals surface area contributed by atoms with Crippen LogP contribution in [0.2, 0.25) is 5.02 Å². The Morgan fingerprint density at radius 1 is 1.02 bits per heavy atom. The van der Waals surface area contributed by atoms with E-state index in [1.165, 1.54) is 28.9 Å². The molecule has 0 aliphatic carbocycles. The second-order valence-electron chi connectivity index (χ2n) is 14.9. The van der Waals surface area contributed by atoms with Crippen LogP contribution in [0.5, 0.6) is 5.75 Å². The third-order valence-corrected chi connectivity index (χ3v) is 11.7. The zero-order valence-electron chi connectivity index (χ0n) is 31.2. The maximum absolute atomic E-state index is 15.3. The van der Waals surface area contributed by atoms with Crippen molar-refractivity contribution in [2.75, 3.05) is 37.0 Å². The minimum Gasteiger partial charge on any atom is -0.496 e. The number of rotatable bonds is 8. The summed E-state index contributed by atoms with van der Waals surface area (Å²) in [7, 11) is 3.21. The minimum atomic E-state index is -0.569. The number of ether oxygens (including phenoxy) is 1. The highest BCUT2D eigenvalue weighted by atomic mass is 35.5. The Balaban J connectivity index is 0.922. The van der Waals surface area contributed by atoms with Gasteiger partial charge in [0.15, 0.2) is 0 Å². The van der Waals surface area contributed by atoms with Crippen LogP contribution in [0, 0.1) is 11.7 Å². The Labute approximate surface area is 328 Å². The number of piperidine rings is 2. The smallest absolute Gasteiger partial charge is 0.259 e. The van der Waals surface area contributed by atoms with Crippen molar-refractivity contribution in [2.45, 2.75) is 51.1 Å². The highest BCUT2D eigenvalue weighted by molar-refractivity contribution is 6.34.